The summed E-state index contributed by atoms with van der Waals surface area (Å²) in [5.74, 6) is -1.69. The van der Waals surface area contributed by atoms with Gasteiger partial charge in [0.2, 0.25) is 0 Å². The molecule has 2 heterocycles. The Kier molecular flexibility index (Phi) is 4.97. The van der Waals surface area contributed by atoms with Gasteiger partial charge in [-0.15, -0.1) is 0 Å². The van der Waals surface area contributed by atoms with Crippen molar-refractivity contribution in [2.75, 3.05) is 18.4 Å². The molecule has 0 atom stereocenters. The summed E-state index contributed by atoms with van der Waals surface area (Å²) in [7, 11) is 0. The third-order valence-corrected chi connectivity index (χ3v) is 4.45. The van der Waals surface area contributed by atoms with E-state index in [4.69, 9.17) is 5.11 Å². The molecule has 1 aliphatic heterocycles. The highest BCUT2D eigenvalue weighted by Crippen LogP contribution is 2.22. The van der Waals surface area contributed by atoms with Crippen molar-refractivity contribution < 1.29 is 19.5 Å². The van der Waals surface area contributed by atoms with E-state index in [9.17, 15) is 14.4 Å². The molecule has 0 radical (unpaired) electrons. The van der Waals surface area contributed by atoms with E-state index >= 15 is 0 Å². The van der Waals surface area contributed by atoms with Gasteiger partial charge in [0.15, 0.2) is 0 Å². The van der Waals surface area contributed by atoms with Crippen LogP contribution < -0.4 is 5.32 Å². The first-order chi connectivity index (χ1) is 12.5. The summed E-state index contributed by atoms with van der Waals surface area (Å²) >= 11 is 0. The van der Waals surface area contributed by atoms with Crippen molar-refractivity contribution in [3.63, 3.8) is 0 Å². The van der Waals surface area contributed by atoms with E-state index in [0.29, 0.717) is 16.8 Å². The van der Waals surface area contributed by atoms with E-state index in [1.165, 1.54) is 18.3 Å². The molecule has 1 fully saturated rings. The highest BCUT2D eigenvalue weighted by Gasteiger charge is 2.22. The molecule has 0 spiro atoms. The van der Waals surface area contributed by atoms with Crippen molar-refractivity contribution in [3.05, 3.63) is 58.9 Å². The van der Waals surface area contributed by atoms with Gasteiger partial charge in [0.1, 0.15) is 5.69 Å². The smallest absolute Gasteiger partial charge is 0.335 e. The number of rotatable bonds is 4. The van der Waals surface area contributed by atoms with Crippen molar-refractivity contribution in [1.29, 1.82) is 0 Å². The zero-order chi connectivity index (χ0) is 18.7. The normalized spacial score (nSPS) is 13.5. The molecule has 7 heteroatoms. The summed E-state index contributed by atoms with van der Waals surface area (Å²) in [5.41, 5.74) is 1.71. The Balaban J connectivity index is 1.83. The molecular weight excluding hydrogens is 334 g/mol. The minimum atomic E-state index is -1.13. The summed E-state index contributed by atoms with van der Waals surface area (Å²) in [6.45, 7) is 3.28. The number of amides is 2. The number of carbonyl (C=O) groups is 3. The molecule has 2 aromatic rings. The largest absolute Gasteiger partial charge is 0.478 e. The van der Waals surface area contributed by atoms with E-state index < -0.39 is 11.9 Å². The van der Waals surface area contributed by atoms with Crippen LogP contribution >= 0.6 is 0 Å². The summed E-state index contributed by atoms with van der Waals surface area (Å²) in [6, 6.07) is 7.70. The first-order valence-corrected chi connectivity index (χ1v) is 8.37. The standard InChI is InChI=1S/C19H19N3O4/c1-12-14(18(24)22-9-2-3-10-22)5-4-6-15(12)21-17(23)16-11-13(19(25)26)7-8-20-16/h4-8,11H,2-3,9-10H2,1H3,(H,21,23)(H,25,26). The molecule has 1 aliphatic rings. The Bertz CT molecular complexity index is 873. The lowest BCUT2D eigenvalue weighted by Crippen LogP contribution is -2.28. The maximum Gasteiger partial charge on any atom is 0.335 e. The quantitative estimate of drug-likeness (QED) is 0.880. The molecule has 1 aromatic carbocycles. The fraction of sp³-hybridized carbons (Fsp3) is 0.263. The zero-order valence-electron chi connectivity index (χ0n) is 14.4. The molecule has 2 amide bonds. The van der Waals surface area contributed by atoms with Crippen LogP contribution in [0.15, 0.2) is 36.5 Å². The number of likely N-dealkylation sites (tertiary alicyclic amines) is 1. The molecule has 0 aliphatic carbocycles. The van der Waals surface area contributed by atoms with Crippen molar-refractivity contribution in [3.8, 4) is 0 Å². The monoisotopic (exact) mass is 353 g/mol. The van der Waals surface area contributed by atoms with Crippen LogP contribution in [0.4, 0.5) is 5.69 Å². The molecule has 0 unspecified atom stereocenters. The van der Waals surface area contributed by atoms with Gasteiger partial charge in [-0.3, -0.25) is 14.6 Å². The predicted octanol–water partition coefficient (Wildman–Crippen LogP) is 2.58. The van der Waals surface area contributed by atoms with Crippen molar-refractivity contribution in [1.82, 2.24) is 9.88 Å². The number of hydrogen-bond acceptors (Lipinski definition) is 4. The Morgan fingerprint density at radius 3 is 2.58 bits per heavy atom. The van der Waals surface area contributed by atoms with Crippen LogP contribution in [-0.2, 0) is 0 Å². The summed E-state index contributed by atoms with van der Waals surface area (Å²) in [5, 5.41) is 11.7. The number of nitrogens with one attached hydrogen (secondary N) is 1. The molecule has 1 saturated heterocycles. The van der Waals surface area contributed by atoms with Crippen molar-refractivity contribution in [2.45, 2.75) is 19.8 Å². The lowest BCUT2D eigenvalue weighted by Gasteiger charge is -2.18. The van der Waals surface area contributed by atoms with Crippen molar-refractivity contribution >= 4 is 23.5 Å². The first-order valence-electron chi connectivity index (χ1n) is 8.37. The average molecular weight is 353 g/mol. The van der Waals surface area contributed by atoms with Crippen LogP contribution in [0.2, 0.25) is 0 Å². The van der Waals surface area contributed by atoms with E-state index in [1.807, 2.05) is 4.90 Å². The second kappa shape index (κ2) is 7.35. The fourth-order valence-corrected chi connectivity index (χ4v) is 2.97. The predicted molar refractivity (Wildman–Crippen MR) is 95.5 cm³/mol. The topological polar surface area (TPSA) is 99.6 Å². The number of aromatic nitrogens is 1. The number of benzene rings is 1. The lowest BCUT2D eigenvalue weighted by atomic mass is 10.1. The number of pyridine rings is 1. The average Bonchev–Trinajstić information content (AvgIpc) is 3.17. The number of aromatic carboxylic acids is 1. The minimum Gasteiger partial charge on any atom is -0.478 e. The van der Waals surface area contributed by atoms with Gasteiger partial charge in [-0.25, -0.2) is 4.79 Å². The van der Waals surface area contributed by atoms with Gasteiger partial charge in [-0.1, -0.05) is 6.07 Å². The van der Waals surface area contributed by atoms with Crippen LogP contribution in [0.1, 0.15) is 49.6 Å². The van der Waals surface area contributed by atoms with Gasteiger partial charge in [0.05, 0.1) is 5.56 Å². The Morgan fingerprint density at radius 1 is 1.15 bits per heavy atom. The molecular formula is C19H19N3O4. The van der Waals surface area contributed by atoms with Crippen LogP contribution in [0.25, 0.3) is 0 Å². The molecule has 7 nitrogen and oxygen atoms in total. The van der Waals surface area contributed by atoms with Crippen LogP contribution in [0.5, 0.6) is 0 Å². The fourth-order valence-electron chi connectivity index (χ4n) is 2.97. The van der Waals surface area contributed by atoms with Gasteiger partial charge >= 0.3 is 5.97 Å². The van der Waals surface area contributed by atoms with E-state index in [1.54, 1.807) is 25.1 Å². The second-order valence-electron chi connectivity index (χ2n) is 6.17. The third-order valence-electron chi connectivity index (χ3n) is 4.45. The molecule has 2 N–H and O–H groups in total. The van der Waals surface area contributed by atoms with E-state index in [2.05, 4.69) is 10.3 Å². The summed E-state index contributed by atoms with van der Waals surface area (Å²) in [4.78, 5) is 41.8. The van der Waals surface area contributed by atoms with E-state index in [0.717, 1.165) is 25.9 Å². The molecule has 0 saturated carbocycles. The van der Waals surface area contributed by atoms with Crippen LogP contribution in [-0.4, -0.2) is 45.9 Å². The molecule has 134 valence electrons. The van der Waals surface area contributed by atoms with Gasteiger partial charge in [0, 0.05) is 30.5 Å². The van der Waals surface area contributed by atoms with Gasteiger partial charge in [-0.2, -0.15) is 0 Å². The highest BCUT2D eigenvalue weighted by atomic mass is 16.4. The van der Waals surface area contributed by atoms with Gasteiger partial charge in [-0.05, 0) is 49.6 Å². The Hall–Kier alpha value is -3.22. The Morgan fingerprint density at radius 2 is 1.88 bits per heavy atom. The second-order valence-corrected chi connectivity index (χ2v) is 6.17. The molecule has 3 rings (SSSR count). The summed E-state index contributed by atoms with van der Waals surface area (Å²) in [6.07, 6.45) is 3.29. The van der Waals surface area contributed by atoms with Crippen LogP contribution in [0, 0.1) is 6.92 Å². The van der Waals surface area contributed by atoms with Gasteiger partial charge < -0.3 is 15.3 Å². The van der Waals surface area contributed by atoms with Gasteiger partial charge in [0.25, 0.3) is 11.8 Å². The molecule has 26 heavy (non-hydrogen) atoms. The molecule has 0 bridgehead atoms. The van der Waals surface area contributed by atoms with Crippen molar-refractivity contribution in [2.24, 2.45) is 0 Å². The minimum absolute atomic E-state index is 0.000530. The highest BCUT2D eigenvalue weighted by molar-refractivity contribution is 6.06. The SMILES string of the molecule is Cc1c(NC(=O)c2cc(C(=O)O)ccn2)cccc1C(=O)N1CCCC1. The number of carboxylic acids is 1. The number of carboxylic acid groups (broad SMARTS) is 1. The number of nitrogens with zero attached hydrogens (tertiary/aromatic N) is 2. The molecule has 1 aromatic heterocycles. The Labute approximate surface area is 150 Å². The number of carbonyl (C=O) groups excluding carboxylic acids is 2. The maximum absolute atomic E-state index is 12.6. The zero-order valence-corrected chi connectivity index (χ0v) is 14.4. The number of anilines is 1. The van der Waals surface area contributed by atoms with E-state index in [-0.39, 0.29) is 17.2 Å². The number of hydrogen-bond donors (Lipinski definition) is 2. The lowest BCUT2D eigenvalue weighted by molar-refractivity contribution is 0.0696. The third kappa shape index (κ3) is 3.56. The summed E-state index contributed by atoms with van der Waals surface area (Å²) < 4.78 is 0. The van der Waals surface area contributed by atoms with Crippen LogP contribution in [0.3, 0.4) is 0 Å². The maximum atomic E-state index is 12.6. The first kappa shape index (κ1) is 17.6.